The molecule has 0 spiro atoms. The fourth-order valence-corrected chi connectivity index (χ4v) is 2.63. The number of nitrogens with two attached hydrogens (primary N) is 1. The SMILES string of the molecule is C[C@H]1CN(CCOc2ccc(S(N)(=O)=O)cc2)CCO1. The zero-order chi connectivity index (χ0) is 14.6. The monoisotopic (exact) mass is 300 g/mol. The smallest absolute Gasteiger partial charge is 0.238 e. The molecule has 1 heterocycles. The molecule has 0 radical (unpaired) electrons. The molecule has 0 unspecified atom stereocenters. The van der Waals surface area contributed by atoms with E-state index in [2.05, 4.69) is 11.8 Å². The second-order valence-corrected chi connectivity index (χ2v) is 6.41. The Labute approximate surface area is 119 Å². The quantitative estimate of drug-likeness (QED) is 0.853. The van der Waals surface area contributed by atoms with Crippen molar-refractivity contribution >= 4 is 10.0 Å². The summed E-state index contributed by atoms with van der Waals surface area (Å²) in [6, 6.07) is 6.12. The molecule has 6 nitrogen and oxygen atoms in total. The van der Waals surface area contributed by atoms with E-state index in [-0.39, 0.29) is 11.0 Å². The Kier molecular flexibility index (Phi) is 4.98. The first-order chi connectivity index (χ1) is 9.45. The average molecular weight is 300 g/mol. The van der Waals surface area contributed by atoms with Gasteiger partial charge in [0.05, 0.1) is 17.6 Å². The van der Waals surface area contributed by atoms with Crippen LogP contribution in [-0.4, -0.2) is 52.3 Å². The molecule has 2 rings (SSSR count). The first-order valence-electron chi connectivity index (χ1n) is 6.55. The summed E-state index contributed by atoms with van der Waals surface area (Å²) in [6.45, 7) is 6.01. The molecular weight excluding hydrogens is 280 g/mol. The lowest BCUT2D eigenvalue weighted by Crippen LogP contribution is -2.42. The second kappa shape index (κ2) is 6.53. The van der Waals surface area contributed by atoms with Crippen molar-refractivity contribution in [2.75, 3.05) is 32.8 Å². The van der Waals surface area contributed by atoms with E-state index in [9.17, 15) is 8.42 Å². The van der Waals surface area contributed by atoms with E-state index >= 15 is 0 Å². The lowest BCUT2D eigenvalue weighted by Gasteiger charge is -2.30. The molecule has 1 aliphatic rings. The second-order valence-electron chi connectivity index (χ2n) is 4.85. The summed E-state index contributed by atoms with van der Waals surface area (Å²) in [5, 5.41) is 5.03. The highest BCUT2D eigenvalue weighted by Gasteiger charge is 2.16. The van der Waals surface area contributed by atoms with Gasteiger partial charge in [0.15, 0.2) is 0 Å². The number of primary sulfonamides is 1. The molecule has 0 aromatic heterocycles. The number of nitrogens with zero attached hydrogens (tertiary/aromatic N) is 1. The zero-order valence-corrected chi connectivity index (χ0v) is 12.3. The highest BCUT2D eigenvalue weighted by molar-refractivity contribution is 7.89. The number of sulfonamides is 1. The number of hydrogen-bond acceptors (Lipinski definition) is 5. The van der Waals surface area contributed by atoms with Crippen molar-refractivity contribution in [2.45, 2.75) is 17.9 Å². The molecule has 7 heteroatoms. The Balaban J connectivity index is 1.79. The third-order valence-corrected chi connectivity index (χ3v) is 4.08. The molecule has 1 aliphatic heterocycles. The fourth-order valence-electron chi connectivity index (χ4n) is 2.11. The maximum atomic E-state index is 11.1. The summed E-state index contributed by atoms with van der Waals surface area (Å²) in [5.74, 6) is 0.638. The maximum absolute atomic E-state index is 11.1. The molecule has 112 valence electrons. The van der Waals surface area contributed by atoms with Gasteiger partial charge in [-0.15, -0.1) is 0 Å². The molecule has 1 atom stereocenters. The number of benzene rings is 1. The van der Waals surface area contributed by atoms with Gasteiger partial charge in [0.1, 0.15) is 12.4 Å². The number of ether oxygens (including phenoxy) is 2. The van der Waals surface area contributed by atoms with Crippen molar-refractivity contribution in [2.24, 2.45) is 5.14 Å². The normalized spacial score (nSPS) is 20.8. The van der Waals surface area contributed by atoms with Crippen LogP contribution in [0.5, 0.6) is 5.75 Å². The molecule has 1 aromatic rings. The lowest BCUT2D eigenvalue weighted by atomic mass is 10.3. The summed E-state index contributed by atoms with van der Waals surface area (Å²) < 4.78 is 33.3. The molecule has 1 saturated heterocycles. The predicted octanol–water partition coefficient (Wildman–Crippen LogP) is 0.434. The fraction of sp³-hybridized carbons (Fsp3) is 0.538. The average Bonchev–Trinajstić information content (AvgIpc) is 2.38. The van der Waals surface area contributed by atoms with Crippen LogP contribution < -0.4 is 9.88 Å². The molecule has 0 saturated carbocycles. The molecule has 20 heavy (non-hydrogen) atoms. The third-order valence-electron chi connectivity index (χ3n) is 3.15. The van der Waals surface area contributed by atoms with E-state index in [1.54, 1.807) is 12.1 Å². The summed E-state index contributed by atoms with van der Waals surface area (Å²) in [4.78, 5) is 2.37. The molecule has 1 fully saturated rings. The van der Waals surface area contributed by atoms with Crippen LogP contribution in [0.4, 0.5) is 0 Å². The van der Waals surface area contributed by atoms with Crippen molar-refractivity contribution in [3.05, 3.63) is 24.3 Å². The summed E-state index contributed by atoms with van der Waals surface area (Å²) in [7, 11) is -3.64. The molecular formula is C13H20N2O4S. The van der Waals surface area contributed by atoms with Crippen molar-refractivity contribution in [1.29, 1.82) is 0 Å². The van der Waals surface area contributed by atoms with Crippen molar-refractivity contribution in [1.82, 2.24) is 4.90 Å². The minimum Gasteiger partial charge on any atom is -0.492 e. The van der Waals surface area contributed by atoms with E-state index in [1.165, 1.54) is 12.1 Å². The molecule has 0 aliphatic carbocycles. The van der Waals surface area contributed by atoms with Gasteiger partial charge in [-0.05, 0) is 31.2 Å². The first kappa shape index (κ1) is 15.2. The minimum absolute atomic E-state index is 0.0897. The van der Waals surface area contributed by atoms with Crippen LogP contribution in [0.2, 0.25) is 0 Å². The Morgan fingerprint density at radius 2 is 2.10 bits per heavy atom. The van der Waals surface area contributed by atoms with Gasteiger partial charge in [-0.3, -0.25) is 4.90 Å². The van der Waals surface area contributed by atoms with Crippen molar-refractivity contribution in [3.63, 3.8) is 0 Å². The van der Waals surface area contributed by atoms with Gasteiger partial charge in [-0.2, -0.15) is 0 Å². The molecule has 2 N–H and O–H groups in total. The summed E-state index contributed by atoms with van der Waals surface area (Å²) in [5.41, 5.74) is 0. The van der Waals surface area contributed by atoms with Crippen LogP contribution in [0.1, 0.15) is 6.92 Å². The van der Waals surface area contributed by atoms with Gasteiger partial charge in [0, 0.05) is 19.6 Å². The lowest BCUT2D eigenvalue weighted by molar-refractivity contribution is -0.0214. The van der Waals surface area contributed by atoms with Gasteiger partial charge < -0.3 is 9.47 Å². The standard InChI is InChI=1S/C13H20N2O4S/c1-11-10-15(6-8-18-11)7-9-19-12-2-4-13(5-3-12)20(14,16)17/h2-5,11H,6-10H2,1H3,(H2,14,16,17)/t11-/m0/s1. The van der Waals surface area contributed by atoms with Crippen LogP contribution in [0.25, 0.3) is 0 Å². The Hall–Kier alpha value is -1.15. The molecule has 0 bridgehead atoms. The Morgan fingerprint density at radius 3 is 2.70 bits per heavy atom. The van der Waals surface area contributed by atoms with Gasteiger partial charge in [0.2, 0.25) is 10.0 Å². The van der Waals surface area contributed by atoms with Gasteiger partial charge in [-0.1, -0.05) is 0 Å². The highest BCUT2D eigenvalue weighted by Crippen LogP contribution is 2.15. The predicted molar refractivity (Wildman–Crippen MR) is 75.2 cm³/mol. The van der Waals surface area contributed by atoms with E-state index in [0.717, 1.165) is 26.2 Å². The highest BCUT2D eigenvalue weighted by atomic mass is 32.2. The van der Waals surface area contributed by atoms with Gasteiger partial charge in [-0.25, -0.2) is 13.6 Å². The first-order valence-corrected chi connectivity index (χ1v) is 8.09. The largest absolute Gasteiger partial charge is 0.492 e. The number of rotatable bonds is 5. The summed E-state index contributed by atoms with van der Waals surface area (Å²) in [6.07, 6.45) is 0.262. The third kappa shape index (κ3) is 4.45. The molecule has 0 amide bonds. The van der Waals surface area contributed by atoms with Gasteiger partial charge in [0.25, 0.3) is 0 Å². The van der Waals surface area contributed by atoms with Gasteiger partial charge >= 0.3 is 0 Å². The van der Waals surface area contributed by atoms with E-state index < -0.39 is 10.0 Å². The van der Waals surface area contributed by atoms with Crippen LogP contribution >= 0.6 is 0 Å². The van der Waals surface area contributed by atoms with Crippen LogP contribution in [0, 0.1) is 0 Å². The van der Waals surface area contributed by atoms with Crippen LogP contribution in [0.3, 0.4) is 0 Å². The Bertz CT molecular complexity index is 530. The number of hydrogen-bond donors (Lipinski definition) is 1. The van der Waals surface area contributed by atoms with E-state index in [0.29, 0.717) is 12.4 Å². The maximum Gasteiger partial charge on any atom is 0.238 e. The zero-order valence-electron chi connectivity index (χ0n) is 11.5. The number of morpholine rings is 1. The van der Waals surface area contributed by atoms with Crippen LogP contribution in [-0.2, 0) is 14.8 Å². The van der Waals surface area contributed by atoms with E-state index in [1.807, 2.05) is 0 Å². The van der Waals surface area contributed by atoms with Crippen molar-refractivity contribution < 1.29 is 17.9 Å². The van der Waals surface area contributed by atoms with Crippen molar-refractivity contribution in [3.8, 4) is 5.75 Å². The van der Waals surface area contributed by atoms with E-state index in [4.69, 9.17) is 14.6 Å². The molecule has 1 aromatic carbocycles. The van der Waals surface area contributed by atoms with Crippen LogP contribution in [0.15, 0.2) is 29.2 Å². The summed E-state index contributed by atoms with van der Waals surface area (Å²) >= 11 is 0. The topological polar surface area (TPSA) is 81.9 Å². The minimum atomic E-state index is -3.64. The Morgan fingerprint density at radius 1 is 1.40 bits per heavy atom.